The van der Waals surface area contributed by atoms with E-state index in [1.165, 1.54) is 43.1 Å². The minimum atomic E-state index is -1.91. The number of rotatable bonds is 16. The fourth-order valence-electron chi connectivity index (χ4n) is 22.2. The second kappa shape index (κ2) is 47.4. The normalized spacial score (nSPS) is 16.8. The van der Waals surface area contributed by atoms with Crippen LogP contribution in [0.5, 0.6) is 0 Å². The van der Waals surface area contributed by atoms with Crippen LogP contribution in [0.25, 0.3) is 43.1 Å². The molecular weight excluding hydrogens is 2080 g/mol. The third kappa shape index (κ3) is 24.6. The Balaban J connectivity index is 0.000000365. The Labute approximate surface area is 854 Å². The van der Waals surface area contributed by atoms with Crippen LogP contribution in [0.1, 0.15) is 328 Å². The summed E-state index contributed by atoms with van der Waals surface area (Å²) in [6, 6.07) is 31.9. The van der Waals surface area contributed by atoms with Crippen molar-refractivity contribution in [3.63, 3.8) is 0 Å². The summed E-state index contributed by atoms with van der Waals surface area (Å²) in [5.74, 6) is 14.7. The van der Waals surface area contributed by atoms with Crippen LogP contribution >= 0.6 is 95.6 Å². The molecule has 2 atom stereocenters. The molecule has 6 nitrogen and oxygen atoms in total. The van der Waals surface area contributed by atoms with Gasteiger partial charge in [-0.05, 0) is 227 Å². The van der Waals surface area contributed by atoms with E-state index in [1.54, 1.807) is 24.3 Å². The highest BCUT2D eigenvalue weighted by atomic mass is 79.9. The lowest BCUT2D eigenvalue weighted by Crippen LogP contribution is -2.43. The molecule has 7 aromatic rings. The molecule has 7 aromatic carbocycles. The fraction of sp³-hybridized carbons (Fsp3) is 0.554. The van der Waals surface area contributed by atoms with Gasteiger partial charge in [0.25, 0.3) is 0 Å². The predicted molar refractivity (Wildman–Crippen MR) is 614 cm³/mol. The van der Waals surface area contributed by atoms with Crippen LogP contribution in [0, 0.1) is 69.7 Å². The van der Waals surface area contributed by atoms with E-state index < -0.39 is 54.4 Å². The zero-order chi connectivity index (χ0) is 97.1. The standard InChI is InChI=1S/2C36H48Br2Si2.C14H8Br2O2.C12H24B2O4.C11H22Si.3CH4/c2*1-23(2)39(24(3)4,25(5)6)19-17-33-31-15-13-30(38)22-36(31)34(32-16-14-29(37)21-35(32)33)18-20-40(26(7)8,27(9)10)28(11)12;15-7-1-3-9-11(5-7)14(18)10-4-2-8(16)6-12(10)13(9)17;1-9(2)10(3,4)16-13(15-9)14-17-11(5,6)12(7,8)18-14;1-8-12(9(2)3,10(4)5)11(6)7;;;/h2*13-16,21-28H,1-12H3;1-6,9,11H;1-8H3;1,9-11H,2-7H3;3*1H4. The Morgan fingerprint density at radius 1 is 0.298 bits per heavy atom. The van der Waals surface area contributed by atoms with E-state index in [0.717, 1.165) is 49.1 Å². The molecular formula is C112H162B2Br6O6Si5. The third-order valence-electron chi connectivity index (χ3n) is 30.3. The van der Waals surface area contributed by atoms with Gasteiger partial charge in [-0.25, -0.2) is 0 Å². The lowest BCUT2D eigenvalue weighted by Gasteiger charge is -2.38. The van der Waals surface area contributed by atoms with Crippen LogP contribution in [0.15, 0.2) is 136 Å². The molecule has 0 radical (unpaired) electrons. The predicted octanol–water partition coefficient (Wildman–Crippen LogP) is 37.2. The van der Waals surface area contributed by atoms with Crippen molar-refractivity contribution in [2.45, 2.75) is 391 Å². The summed E-state index contributed by atoms with van der Waals surface area (Å²) in [7, 11) is -10.0. The average molecular weight is 2250 g/mol. The maximum atomic E-state index is 12.4. The highest BCUT2D eigenvalue weighted by Crippen LogP contribution is 2.50. The molecule has 131 heavy (non-hydrogen) atoms. The maximum absolute atomic E-state index is 12.4. The first kappa shape index (κ1) is 119. The Kier molecular flexibility index (Phi) is 43.2. The summed E-state index contributed by atoms with van der Waals surface area (Å²) in [5, 5.41) is 9.62. The SMILES string of the molecule is C.C.C.C#C[Si](C(C)C)(C(C)C)C(C)C.CC(C)[Si](C#Cc1c2ccc(Br)cc2c(C#C[Si](C(C)C)(C(C)C)C(C)C)c2ccc(Br)cc12)(C(C)C)C(C)C.CC(C)[Si](C#Cc1c2ccc(Br)cc2c(C#C[Si](C(C)C)(C(C)C)C(C)C)c2ccc(Br)cc12)(C(C)C)C(C)C.CC1(C)OB(B2OC(C)(C)C(C)(C)O2)OC1(C)C.O=C1c2ccc(Br)cc2C(=O)C2C=CC(Br)=CC12. The number of fused-ring (bicyclic) bond motifs is 6. The van der Waals surface area contributed by atoms with Gasteiger partial charge in [0.05, 0.1) is 34.2 Å². The van der Waals surface area contributed by atoms with Gasteiger partial charge in [-0.2, -0.15) is 0 Å². The second-order valence-corrected chi connectivity index (χ2v) is 76.5. The molecule has 2 aliphatic heterocycles. The number of halogens is 6. The van der Waals surface area contributed by atoms with E-state index in [-0.39, 0.29) is 68.1 Å². The van der Waals surface area contributed by atoms with Crippen molar-refractivity contribution in [3.05, 3.63) is 169 Å². The average Bonchev–Trinajstić information content (AvgIpc) is 1.73. The maximum Gasteiger partial charge on any atom is 0.488 e. The third-order valence-corrected chi connectivity index (χ3v) is 64.7. The molecule has 0 saturated carbocycles. The van der Waals surface area contributed by atoms with E-state index in [0.29, 0.717) is 94.2 Å². The van der Waals surface area contributed by atoms with Gasteiger partial charge in [0.2, 0.25) is 0 Å². The smallest absolute Gasteiger partial charge is 0.405 e. The van der Waals surface area contributed by atoms with Gasteiger partial charge in [0, 0.05) is 81.8 Å². The first-order chi connectivity index (χ1) is 59.1. The van der Waals surface area contributed by atoms with Crippen molar-refractivity contribution < 1.29 is 28.2 Å². The molecule has 4 aliphatic rings. The quantitative estimate of drug-likeness (QED) is 0.0545. The van der Waals surface area contributed by atoms with Crippen LogP contribution in [0.2, 0.25) is 83.1 Å². The molecule has 2 unspecified atom stereocenters. The fourth-order valence-corrected chi connectivity index (χ4v) is 50.3. The summed E-state index contributed by atoms with van der Waals surface area (Å²) in [6.07, 6.45) is 11.2. The Hall–Kier alpha value is -3.87. The minimum Gasteiger partial charge on any atom is -0.405 e. The Bertz CT molecular complexity index is 4960. The summed E-state index contributed by atoms with van der Waals surface area (Å²) >= 11 is 21.8. The molecule has 2 saturated heterocycles. The van der Waals surface area contributed by atoms with Gasteiger partial charge in [0.1, 0.15) is 40.4 Å². The Morgan fingerprint density at radius 2 is 0.504 bits per heavy atom. The van der Waals surface area contributed by atoms with Crippen LogP contribution < -0.4 is 0 Å². The second-order valence-electron chi connectivity index (χ2n) is 43.0. The number of terminal acetylenes is 1. The number of carbonyl (C=O) groups excluding carboxylic acids is 2. The van der Waals surface area contributed by atoms with Crippen molar-refractivity contribution >= 4 is 205 Å². The van der Waals surface area contributed by atoms with Crippen molar-refractivity contribution in [1.29, 1.82) is 0 Å². The van der Waals surface area contributed by atoms with E-state index in [2.05, 4.69) is 427 Å². The monoisotopic (exact) mass is 2240 g/mol. The van der Waals surface area contributed by atoms with Gasteiger partial charge in [0.15, 0.2) is 11.6 Å². The lowest BCUT2D eigenvalue weighted by atomic mass is 9.49. The number of carbonyl (C=O) groups is 2. The lowest BCUT2D eigenvalue weighted by molar-refractivity contribution is 0.00578. The number of ketones is 2. The Morgan fingerprint density at radius 3 is 0.710 bits per heavy atom. The molecule has 2 aliphatic carbocycles. The molecule has 2 heterocycles. The van der Waals surface area contributed by atoms with Crippen molar-refractivity contribution in [3.8, 4) is 57.8 Å². The minimum absolute atomic E-state index is 0. The van der Waals surface area contributed by atoms with Crippen molar-refractivity contribution in [1.82, 2.24) is 0 Å². The van der Waals surface area contributed by atoms with E-state index in [1.807, 2.05) is 67.5 Å². The number of hydrogen-bond acceptors (Lipinski definition) is 6. The first-order valence-corrected chi connectivity index (χ1v) is 62.9. The van der Waals surface area contributed by atoms with Crippen LogP contribution in [0.4, 0.5) is 0 Å². The van der Waals surface area contributed by atoms with Crippen molar-refractivity contribution in [2.75, 3.05) is 0 Å². The number of hydrogen-bond donors (Lipinski definition) is 0. The molecule has 2 fully saturated rings. The number of benzene rings is 7. The molecule has 0 N–H and O–H groups in total. The molecule has 0 amide bonds. The summed E-state index contributed by atoms with van der Waals surface area (Å²) < 4.78 is 29.8. The van der Waals surface area contributed by atoms with E-state index in [9.17, 15) is 9.59 Å². The zero-order valence-electron chi connectivity index (χ0n) is 84.7. The topological polar surface area (TPSA) is 71.1 Å². The van der Waals surface area contributed by atoms with E-state index in [4.69, 9.17) is 25.0 Å². The van der Waals surface area contributed by atoms with Gasteiger partial charge in [-0.1, -0.05) is 392 Å². The summed E-state index contributed by atoms with van der Waals surface area (Å²) in [4.78, 5) is 24.8. The number of allylic oxidation sites excluding steroid dienone is 4. The first-order valence-electron chi connectivity index (χ1n) is 47.0. The van der Waals surface area contributed by atoms with Gasteiger partial charge in [-0.3, -0.25) is 9.59 Å². The van der Waals surface area contributed by atoms with Crippen LogP contribution in [0.3, 0.4) is 0 Å². The molecule has 0 aromatic heterocycles. The van der Waals surface area contributed by atoms with Crippen LogP contribution in [-0.4, -0.2) is 88.4 Å². The summed E-state index contributed by atoms with van der Waals surface area (Å²) in [6.45, 7) is 87.2. The highest BCUT2D eigenvalue weighted by Gasteiger charge is 2.64. The molecule has 11 rings (SSSR count). The zero-order valence-corrected chi connectivity index (χ0v) is 99.2. The number of Topliss-reactive ketones (excluding diaryl/α,β-unsaturated/α-hetero) is 2. The largest absolute Gasteiger partial charge is 0.488 e. The van der Waals surface area contributed by atoms with Gasteiger partial charge < -0.3 is 18.6 Å². The molecule has 0 bridgehead atoms. The van der Waals surface area contributed by atoms with Gasteiger partial charge >= 0.3 is 14.0 Å². The van der Waals surface area contributed by atoms with Gasteiger partial charge in [-0.15, -0.1) is 34.1 Å². The van der Waals surface area contributed by atoms with Crippen LogP contribution in [-0.2, 0) is 18.6 Å². The summed E-state index contributed by atoms with van der Waals surface area (Å²) in [5.41, 5.74) is 32.5. The van der Waals surface area contributed by atoms with E-state index >= 15 is 0 Å². The highest BCUT2D eigenvalue weighted by molar-refractivity contribution is 9.12. The molecule has 714 valence electrons. The molecule has 19 heteroatoms. The molecule has 0 spiro atoms. The van der Waals surface area contributed by atoms with Crippen molar-refractivity contribution in [2.24, 2.45) is 11.8 Å².